The van der Waals surface area contributed by atoms with E-state index in [0.29, 0.717) is 25.7 Å². The number of phosphoric ester groups is 2. The Balaban J connectivity index is 5.27. The minimum absolute atomic E-state index is 0.104. The van der Waals surface area contributed by atoms with Crippen molar-refractivity contribution in [2.24, 2.45) is 23.7 Å². The minimum atomic E-state index is -4.95. The maximum absolute atomic E-state index is 13.0. The van der Waals surface area contributed by atoms with Crippen molar-refractivity contribution in [3.8, 4) is 0 Å². The Hall–Kier alpha value is -1.94. The number of phosphoric acid groups is 2. The van der Waals surface area contributed by atoms with Crippen LogP contribution in [-0.2, 0) is 65.4 Å². The van der Waals surface area contributed by atoms with Gasteiger partial charge in [0, 0.05) is 25.7 Å². The van der Waals surface area contributed by atoms with Gasteiger partial charge in [-0.25, -0.2) is 9.13 Å². The molecule has 0 spiro atoms. The van der Waals surface area contributed by atoms with Crippen LogP contribution in [-0.4, -0.2) is 96.7 Å². The predicted molar refractivity (Wildman–Crippen MR) is 349 cm³/mol. The summed E-state index contributed by atoms with van der Waals surface area (Å²) in [7, 11) is -9.90. The van der Waals surface area contributed by atoms with Gasteiger partial charge >= 0.3 is 39.5 Å². The lowest BCUT2D eigenvalue weighted by Crippen LogP contribution is -2.30. The summed E-state index contributed by atoms with van der Waals surface area (Å²) in [5, 5.41) is 10.6. The van der Waals surface area contributed by atoms with Gasteiger partial charge in [0.1, 0.15) is 19.3 Å². The second-order valence-electron chi connectivity index (χ2n) is 25.8. The number of rotatable bonds is 65. The molecule has 5 unspecified atom stereocenters. The zero-order chi connectivity index (χ0) is 64.7. The van der Waals surface area contributed by atoms with Crippen LogP contribution in [0.3, 0.4) is 0 Å². The Morgan fingerprint density at radius 1 is 0.322 bits per heavy atom. The maximum Gasteiger partial charge on any atom is 0.472 e. The van der Waals surface area contributed by atoms with E-state index < -0.39 is 97.5 Å². The molecule has 0 aromatic rings. The van der Waals surface area contributed by atoms with Crippen LogP contribution in [0.25, 0.3) is 0 Å². The molecule has 0 saturated heterocycles. The molecule has 0 fully saturated rings. The van der Waals surface area contributed by atoms with Gasteiger partial charge in [0.2, 0.25) is 0 Å². The van der Waals surface area contributed by atoms with Gasteiger partial charge < -0.3 is 33.8 Å². The normalized spacial score (nSPS) is 15.3. The summed E-state index contributed by atoms with van der Waals surface area (Å²) in [4.78, 5) is 72.4. The minimum Gasteiger partial charge on any atom is -0.462 e. The zero-order valence-corrected chi connectivity index (χ0v) is 58.4. The first-order chi connectivity index (χ1) is 41.7. The van der Waals surface area contributed by atoms with E-state index in [4.69, 9.17) is 37.0 Å². The van der Waals surface area contributed by atoms with Crippen molar-refractivity contribution < 1.29 is 80.2 Å². The van der Waals surface area contributed by atoms with Gasteiger partial charge in [-0.2, -0.15) is 0 Å². The topological polar surface area (TPSA) is 237 Å². The molecule has 17 nitrogen and oxygen atoms in total. The number of carbonyl (C=O) groups excluding carboxylic acids is 4. The van der Waals surface area contributed by atoms with Gasteiger partial charge in [0.15, 0.2) is 12.2 Å². The fourth-order valence-electron chi connectivity index (χ4n) is 10.0. The smallest absolute Gasteiger partial charge is 0.462 e. The number of ether oxygens (including phenoxy) is 4. The monoisotopic (exact) mass is 1280 g/mol. The highest BCUT2D eigenvalue weighted by Gasteiger charge is 2.30. The van der Waals surface area contributed by atoms with Gasteiger partial charge in [-0.1, -0.05) is 280 Å². The van der Waals surface area contributed by atoms with Crippen LogP contribution < -0.4 is 0 Å². The van der Waals surface area contributed by atoms with E-state index in [1.807, 2.05) is 0 Å². The van der Waals surface area contributed by atoms with Gasteiger partial charge in [-0.3, -0.25) is 37.3 Å². The molecular formula is C68H132O17P2. The summed E-state index contributed by atoms with van der Waals surface area (Å²) in [6, 6.07) is 0. The quantitative estimate of drug-likeness (QED) is 0.0222. The van der Waals surface area contributed by atoms with E-state index >= 15 is 0 Å². The second kappa shape index (κ2) is 57.9. The summed E-state index contributed by atoms with van der Waals surface area (Å²) < 4.78 is 68.2. The van der Waals surface area contributed by atoms with Crippen molar-refractivity contribution in [3.63, 3.8) is 0 Å². The van der Waals surface area contributed by atoms with Crippen LogP contribution in [0.2, 0.25) is 0 Å². The van der Waals surface area contributed by atoms with Crippen LogP contribution in [0.4, 0.5) is 0 Å². The molecule has 0 radical (unpaired) electrons. The Bertz CT molecular complexity index is 1740. The van der Waals surface area contributed by atoms with Crippen LogP contribution in [0.15, 0.2) is 0 Å². The fraction of sp³-hybridized carbons (Fsp3) is 0.941. The van der Waals surface area contributed by atoms with E-state index in [-0.39, 0.29) is 25.7 Å². The number of hydrogen-bond acceptors (Lipinski definition) is 15. The standard InChI is InChI=1S/C68H132O17P2/c1-9-59(6)45-37-29-21-17-13-15-19-23-35-43-51-68(73)85-64(55-79-66(71)49-41-33-27-25-31-39-47-61(8)11-3)57-83-87(76,77)81-53-62(69)52-80-86(74,75)82-56-63(54-78-65(70)48-40-32-26-24-30-38-46-60(7)10-2)84-67(72)50-42-34-22-18-14-12-16-20-28-36-44-58(4)5/h58-64,69H,9-57H2,1-8H3,(H,74,75)(H,76,77)/t59?,60?,61?,62-,63+,64+/m0/s1. The highest BCUT2D eigenvalue weighted by molar-refractivity contribution is 7.47. The predicted octanol–water partition coefficient (Wildman–Crippen LogP) is 18.9. The van der Waals surface area contributed by atoms with Crippen molar-refractivity contribution in [1.82, 2.24) is 0 Å². The molecule has 0 aromatic heterocycles. The largest absolute Gasteiger partial charge is 0.472 e. The lowest BCUT2D eigenvalue weighted by atomic mass is 9.99. The van der Waals surface area contributed by atoms with Gasteiger partial charge in [0.25, 0.3) is 0 Å². The first-order valence-electron chi connectivity index (χ1n) is 35.3. The summed E-state index contributed by atoms with van der Waals surface area (Å²) in [6.45, 7) is 14.1. The SMILES string of the molecule is CCC(C)CCCCCCCCCCCCC(=O)O[C@H](COC(=O)CCCCCCCCC(C)CC)COP(=O)(O)OC[C@@H](O)COP(=O)(O)OC[C@@H](COC(=O)CCCCCCCCC(C)CC)OC(=O)CCCCCCCCCCCCC(C)C. The number of esters is 4. The molecule has 87 heavy (non-hydrogen) atoms. The molecular weight excluding hydrogens is 1150 g/mol. The molecule has 0 aliphatic heterocycles. The molecule has 0 bridgehead atoms. The van der Waals surface area contributed by atoms with Gasteiger partial charge in [-0.15, -0.1) is 0 Å². The van der Waals surface area contributed by atoms with E-state index in [2.05, 4.69) is 55.4 Å². The van der Waals surface area contributed by atoms with Crippen LogP contribution in [0, 0.1) is 23.7 Å². The lowest BCUT2D eigenvalue weighted by Gasteiger charge is -2.21. The average molecular weight is 1280 g/mol. The first kappa shape index (κ1) is 85.1. The van der Waals surface area contributed by atoms with Gasteiger partial charge in [-0.05, 0) is 49.4 Å². The molecule has 8 atom stereocenters. The highest BCUT2D eigenvalue weighted by Crippen LogP contribution is 2.45. The molecule has 0 heterocycles. The van der Waals surface area contributed by atoms with E-state index in [9.17, 15) is 43.2 Å². The first-order valence-corrected chi connectivity index (χ1v) is 38.3. The van der Waals surface area contributed by atoms with Gasteiger partial charge in [0.05, 0.1) is 26.4 Å². The molecule has 19 heteroatoms. The third-order valence-corrected chi connectivity index (χ3v) is 18.6. The summed E-state index contributed by atoms with van der Waals surface area (Å²) in [6.07, 6.45) is 38.9. The number of aliphatic hydroxyl groups is 1. The molecule has 0 aliphatic rings. The van der Waals surface area contributed by atoms with Crippen molar-refractivity contribution in [3.05, 3.63) is 0 Å². The maximum atomic E-state index is 13.0. The van der Waals surface area contributed by atoms with E-state index in [0.717, 1.165) is 126 Å². The molecule has 0 amide bonds. The van der Waals surface area contributed by atoms with Crippen molar-refractivity contribution >= 4 is 39.5 Å². The summed E-state index contributed by atoms with van der Waals surface area (Å²) in [5.74, 6) is 0.883. The van der Waals surface area contributed by atoms with E-state index in [1.54, 1.807) is 0 Å². The lowest BCUT2D eigenvalue weighted by molar-refractivity contribution is -0.161. The van der Waals surface area contributed by atoms with Crippen LogP contribution in [0.5, 0.6) is 0 Å². The average Bonchev–Trinajstić information content (AvgIpc) is 3.70. The van der Waals surface area contributed by atoms with E-state index in [1.165, 1.54) is 122 Å². The number of unbranched alkanes of at least 4 members (excludes halogenated alkanes) is 28. The Morgan fingerprint density at radius 3 is 0.816 bits per heavy atom. The third kappa shape index (κ3) is 58.9. The number of hydrogen-bond donors (Lipinski definition) is 3. The Labute approximate surface area is 530 Å². The zero-order valence-electron chi connectivity index (χ0n) is 56.6. The van der Waals surface area contributed by atoms with Crippen molar-refractivity contribution in [2.45, 2.75) is 350 Å². The molecule has 3 N–H and O–H groups in total. The summed E-state index contributed by atoms with van der Waals surface area (Å²) in [5.41, 5.74) is 0. The third-order valence-electron chi connectivity index (χ3n) is 16.7. The fourth-order valence-corrected chi connectivity index (χ4v) is 11.6. The highest BCUT2D eigenvalue weighted by atomic mass is 31.2. The molecule has 0 saturated carbocycles. The van der Waals surface area contributed by atoms with Crippen molar-refractivity contribution in [2.75, 3.05) is 39.6 Å². The summed E-state index contributed by atoms with van der Waals surface area (Å²) >= 11 is 0. The van der Waals surface area contributed by atoms with Crippen LogP contribution >= 0.6 is 15.6 Å². The molecule has 0 aliphatic carbocycles. The molecule has 0 aromatic carbocycles. The number of aliphatic hydroxyl groups excluding tert-OH is 1. The Kier molecular flexibility index (Phi) is 56.6. The Morgan fingerprint density at radius 2 is 0.552 bits per heavy atom. The van der Waals surface area contributed by atoms with Crippen LogP contribution in [0.1, 0.15) is 331 Å². The van der Waals surface area contributed by atoms with Crippen molar-refractivity contribution in [1.29, 1.82) is 0 Å². The molecule has 0 rings (SSSR count). The number of carbonyl (C=O) groups is 4. The second-order valence-corrected chi connectivity index (χ2v) is 28.7. The molecule has 516 valence electrons.